The number of alkyl halides is 3. The van der Waals surface area contributed by atoms with Crippen molar-refractivity contribution in [1.82, 2.24) is 0 Å². The number of halogens is 4. The lowest BCUT2D eigenvalue weighted by atomic mass is 10.3. The third-order valence-electron chi connectivity index (χ3n) is 3.44. The zero-order valence-corrected chi connectivity index (χ0v) is 15.7. The predicted molar refractivity (Wildman–Crippen MR) is 98.3 cm³/mol. The molecule has 0 saturated heterocycles. The van der Waals surface area contributed by atoms with Gasteiger partial charge in [-0.3, -0.25) is 4.79 Å². The van der Waals surface area contributed by atoms with E-state index in [9.17, 15) is 18.0 Å². The molecule has 0 bridgehead atoms. The number of rotatable bonds is 6. The van der Waals surface area contributed by atoms with Crippen molar-refractivity contribution in [3.8, 4) is 11.5 Å². The topological polar surface area (TPSA) is 60.7 Å². The van der Waals surface area contributed by atoms with E-state index in [1.807, 2.05) is 18.2 Å². The highest BCUT2D eigenvalue weighted by atomic mass is 79.9. The number of anilines is 1. The van der Waals surface area contributed by atoms with Crippen LogP contribution in [0.5, 0.6) is 11.5 Å². The van der Waals surface area contributed by atoms with Gasteiger partial charge >= 0.3 is 6.36 Å². The second-order valence-corrected chi connectivity index (χ2v) is 6.37. The van der Waals surface area contributed by atoms with E-state index in [2.05, 4.69) is 26.0 Å². The second-order valence-electron chi connectivity index (χ2n) is 5.51. The number of carbonyl (C=O) groups is 1. The van der Waals surface area contributed by atoms with Crippen molar-refractivity contribution in [1.29, 1.82) is 0 Å². The monoisotopic (exact) mass is 455 g/mol. The van der Waals surface area contributed by atoms with Crippen LogP contribution in [0.15, 0.2) is 69.6 Å². The summed E-state index contributed by atoms with van der Waals surface area (Å²) in [6, 6.07) is 15.2. The third-order valence-corrected chi connectivity index (χ3v) is 4.09. The molecule has 0 atom stereocenters. The molecule has 0 unspecified atom stereocenters. The van der Waals surface area contributed by atoms with Gasteiger partial charge in [-0.25, -0.2) is 0 Å². The molecule has 1 aromatic heterocycles. The van der Waals surface area contributed by atoms with Gasteiger partial charge in [0.05, 0.1) is 4.47 Å². The average molecular weight is 456 g/mol. The Morgan fingerprint density at radius 3 is 2.43 bits per heavy atom. The van der Waals surface area contributed by atoms with Crippen LogP contribution in [0, 0.1) is 0 Å². The fourth-order valence-electron chi connectivity index (χ4n) is 2.22. The molecule has 1 N–H and O–H groups in total. The lowest BCUT2D eigenvalue weighted by Crippen LogP contribution is -2.17. The SMILES string of the molecule is O=C(Nc1ccc(OC(F)(F)F)cc1)c1ccc(COc2ccccc2Br)o1. The second kappa shape index (κ2) is 8.39. The Kier molecular flexibility index (Phi) is 5.93. The molecule has 0 aliphatic heterocycles. The molecule has 0 aliphatic rings. The van der Waals surface area contributed by atoms with Crippen LogP contribution in [-0.4, -0.2) is 12.3 Å². The summed E-state index contributed by atoms with van der Waals surface area (Å²) < 4.78 is 52.1. The van der Waals surface area contributed by atoms with E-state index in [1.165, 1.54) is 18.2 Å². The number of hydrogen-bond donors (Lipinski definition) is 1. The van der Waals surface area contributed by atoms with E-state index in [-0.39, 0.29) is 18.1 Å². The van der Waals surface area contributed by atoms with Crippen molar-refractivity contribution in [2.75, 3.05) is 5.32 Å². The highest BCUT2D eigenvalue weighted by Crippen LogP contribution is 2.26. The van der Waals surface area contributed by atoms with Gasteiger partial charge in [-0.2, -0.15) is 0 Å². The summed E-state index contributed by atoms with van der Waals surface area (Å²) in [7, 11) is 0. The predicted octanol–water partition coefficient (Wildman–Crippen LogP) is 5.77. The van der Waals surface area contributed by atoms with Gasteiger partial charge in [-0.1, -0.05) is 12.1 Å². The van der Waals surface area contributed by atoms with Gasteiger partial charge in [0.15, 0.2) is 5.76 Å². The first-order valence-corrected chi connectivity index (χ1v) is 8.73. The smallest absolute Gasteiger partial charge is 0.484 e. The molecule has 0 spiro atoms. The molecule has 0 aliphatic carbocycles. The van der Waals surface area contributed by atoms with E-state index in [0.717, 1.165) is 16.6 Å². The molecule has 0 saturated carbocycles. The van der Waals surface area contributed by atoms with Crippen LogP contribution in [0.1, 0.15) is 16.3 Å². The van der Waals surface area contributed by atoms with Crippen LogP contribution in [0.4, 0.5) is 18.9 Å². The molecule has 146 valence electrons. The number of furan rings is 1. The molecule has 0 fully saturated rings. The molecule has 0 radical (unpaired) electrons. The first-order chi connectivity index (χ1) is 13.3. The Morgan fingerprint density at radius 1 is 1.04 bits per heavy atom. The van der Waals surface area contributed by atoms with Gasteiger partial charge in [0.1, 0.15) is 23.9 Å². The van der Waals surface area contributed by atoms with E-state index < -0.39 is 12.3 Å². The molecular weight excluding hydrogens is 443 g/mol. The van der Waals surface area contributed by atoms with Crippen molar-refractivity contribution in [2.24, 2.45) is 0 Å². The summed E-state index contributed by atoms with van der Waals surface area (Å²) in [6.45, 7) is 0.124. The van der Waals surface area contributed by atoms with Crippen LogP contribution in [0.2, 0.25) is 0 Å². The molecule has 28 heavy (non-hydrogen) atoms. The minimum atomic E-state index is -4.77. The zero-order valence-electron chi connectivity index (χ0n) is 14.1. The van der Waals surface area contributed by atoms with Crippen LogP contribution >= 0.6 is 15.9 Å². The quantitative estimate of drug-likeness (QED) is 0.512. The molecule has 1 heterocycles. The molecule has 1 amide bonds. The number of nitrogens with one attached hydrogen (secondary N) is 1. The van der Waals surface area contributed by atoms with Gasteiger partial charge in [-0.15, -0.1) is 13.2 Å². The fraction of sp³-hybridized carbons (Fsp3) is 0.105. The maximum absolute atomic E-state index is 12.2. The van der Waals surface area contributed by atoms with Crippen molar-refractivity contribution in [2.45, 2.75) is 13.0 Å². The number of carbonyl (C=O) groups excluding carboxylic acids is 1. The van der Waals surface area contributed by atoms with Gasteiger partial charge < -0.3 is 19.2 Å². The minimum Gasteiger partial charge on any atom is -0.484 e. The Hall–Kier alpha value is -2.94. The van der Waals surface area contributed by atoms with Crippen LogP contribution < -0.4 is 14.8 Å². The van der Waals surface area contributed by atoms with E-state index >= 15 is 0 Å². The average Bonchev–Trinajstić information content (AvgIpc) is 3.11. The summed E-state index contributed by atoms with van der Waals surface area (Å²) >= 11 is 3.37. The molecular formula is C19H13BrF3NO4. The molecule has 3 rings (SSSR count). The van der Waals surface area contributed by atoms with Gasteiger partial charge in [0.2, 0.25) is 0 Å². The summed E-state index contributed by atoms with van der Waals surface area (Å²) in [5.74, 6) is 0.189. The molecule has 5 nitrogen and oxygen atoms in total. The van der Waals surface area contributed by atoms with Crippen molar-refractivity contribution < 1.29 is 31.9 Å². The number of ether oxygens (including phenoxy) is 2. The van der Waals surface area contributed by atoms with Crippen LogP contribution in [0.25, 0.3) is 0 Å². The van der Waals surface area contributed by atoms with Crippen LogP contribution in [-0.2, 0) is 6.61 Å². The molecule has 2 aromatic carbocycles. The Balaban J connectivity index is 1.57. The largest absolute Gasteiger partial charge is 0.573 e. The summed E-state index contributed by atoms with van der Waals surface area (Å²) in [6.07, 6.45) is -4.77. The number of hydrogen-bond acceptors (Lipinski definition) is 4. The maximum atomic E-state index is 12.2. The van der Waals surface area contributed by atoms with Gasteiger partial charge in [0.25, 0.3) is 5.91 Å². The Morgan fingerprint density at radius 2 is 1.75 bits per heavy atom. The normalized spacial score (nSPS) is 11.1. The maximum Gasteiger partial charge on any atom is 0.573 e. The van der Waals surface area contributed by atoms with E-state index in [0.29, 0.717) is 17.2 Å². The highest BCUT2D eigenvalue weighted by Gasteiger charge is 2.31. The first kappa shape index (κ1) is 19.8. The summed E-state index contributed by atoms with van der Waals surface area (Å²) in [5.41, 5.74) is 0.293. The first-order valence-electron chi connectivity index (χ1n) is 7.93. The molecule has 9 heteroatoms. The van der Waals surface area contributed by atoms with E-state index in [1.54, 1.807) is 12.1 Å². The highest BCUT2D eigenvalue weighted by molar-refractivity contribution is 9.10. The number of para-hydroxylation sites is 1. The standard InChI is InChI=1S/C19H13BrF3NO4/c20-15-3-1-2-4-16(15)26-11-14-9-10-17(27-14)18(25)24-12-5-7-13(8-6-12)28-19(21,22)23/h1-10H,11H2,(H,24,25). The zero-order chi connectivity index (χ0) is 20.1. The minimum absolute atomic E-state index is 0.0429. The Bertz CT molecular complexity index is 954. The van der Waals surface area contributed by atoms with Gasteiger partial charge in [0, 0.05) is 5.69 Å². The van der Waals surface area contributed by atoms with Crippen molar-refractivity contribution >= 4 is 27.5 Å². The molecule has 3 aromatic rings. The fourth-order valence-corrected chi connectivity index (χ4v) is 2.62. The Labute approximate surface area is 166 Å². The number of benzene rings is 2. The third kappa shape index (κ3) is 5.53. The van der Waals surface area contributed by atoms with E-state index in [4.69, 9.17) is 9.15 Å². The van der Waals surface area contributed by atoms with Crippen molar-refractivity contribution in [3.63, 3.8) is 0 Å². The lowest BCUT2D eigenvalue weighted by molar-refractivity contribution is -0.274. The van der Waals surface area contributed by atoms with Gasteiger partial charge in [-0.05, 0) is 64.5 Å². The summed E-state index contributed by atoms with van der Waals surface area (Å²) in [4.78, 5) is 12.2. The summed E-state index contributed by atoms with van der Waals surface area (Å²) in [5, 5.41) is 2.53. The number of amides is 1. The van der Waals surface area contributed by atoms with Crippen LogP contribution in [0.3, 0.4) is 0 Å². The lowest BCUT2D eigenvalue weighted by Gasteiger charge is -2.09. The van der Waals surface area contributed by atoms with Crippen molar-refractivity contribution in [3.05, 3.63) is 76.7 Å².